The quantitative estimate of drug-likeness (QED) is 0.694. The van der Waals surface area contributed by atoms with Gasteiger partial charge in [0.15, 0.2) is 5.65 Å². The maximum Gasteiger partial charge on any atom is 0.239 e. The predicted octanol–water partition coefficient (Wildman–Crippen LogP) is -0.102. The summed E-state index contributed by atoms with van der Waals surface area (Å²) in [6, 6.07) is 0. The highest BCUT2D eigenvalue weighted by molar-refractivity contribution is 5.90. The number of likely N-dealkylation sites (N-methyl/N-ethyl adjacent to an activating group) is 2. The Bertz CT molecular complexity index is 579. The molecule has 0 saturated carbocycles. The molecule has 0 saturated heterocycles. The number of nitrogens with one attached hydrogen (secondary N) is 2. The van der Waals surface area contributed by atoms with E-state index in [2.05, 4.69) is 25.5 Å². The Labute approximate surface area is 110 Å². The maximum atomic E-state index is 11.7. The number of carbonyl (C=O) groups is 1. The smallest absolute Gasteiger partial charge is 0.239 e. The Kier molecular flexibility index (Phi) is 3.79. The Morgan fingerprint density at radius 2 is 2.26 bits per heavy atom. The number of aromatic nitrogens is 4. The van der Waals surface area contributed by atoms with Crippen molar-refractivity contribution in [1.29, 1.82) is 0 Å². The fraction of sp³-hybridized carbons (Fsp3) is 0.455. The molecule has 102 valence electrons. The zero-order chi connectivity index (χ0) is 13.8. The summed E-state index contributed by atoms with van der Waals surface area (Å²) in [5.74, 6) is 0.712. The van der Waals surface area contributed by atoms with Crippen molar-refractivity contribution in [1.82, 2.24) is 25.5 Å². The Morgan fingerprint density at radius 1 is 1.47 bits per heavy atom. The standard InChI is InChI=1S/C11H17N7O/c1-3-13-8(19)6-18(4-2)10-7-5-14-17-9(7)15-11(12)16-10/h5H,3-4,6H2,1-2H3,(H,13,19)(H3,12,14,15,16,17). The van der Waals surface area contributed by atoms with Gasteiger partial charge in [-0.25, -0.2) is 0 Å². The van der Waals surface area contributed by atoms with Crippen LogP contribution in [0.15, 0.2) is 6.20 Å². The molecule has 2 aromatic heterocycles. The summed E-state index contributed by atoms with van der Waals surface area (Å²) in [5.41, 5.74) is 6.24. The molecule has 0 aliphatic heterocycles. The number of rotatable bonds is 5. The van der Waals surface area contributed by atoms with Crippen molar-refractivity contribution in [3.8, 4) is 0 Å². The van der Waals surface area contributed by atoms with E-state index in [1.807, 2.05) is 18.7 Å². The van der Waals surface area contributed by atoms with Gasteiger partial charge in [0.05, 0.1) is 18.1 Å². The number of nitrogens with zero attached hydrogens (tertiary/aromatic N) is 4. The summed E-state index contributed by atoms with van der Waals surface area (Å²) in [6.07, 6.45) is 1.63. The number of H-pyrrole nitrogens is 1. The van der Waals surface area contributed by atoms with E-state index in [1.54, 1.807) is 6.20 Å². The molecule has 2 aromatic rings. The monoisotopic (exact) mass is 263 g/mol. The van der Waals surface area contributed by atoms with Crippen LogP contribution in [0.5, 0.6) is 0 Å². The lowest BCUT2D eigenvalue weighted by molar-refractivity contribution is -0.119. The molecule has 2 rings (SSSR count). The predicted molar refractivity (Wildman–Crippen MR) is 72.7 cm³/mol. The molecule has 0 spiro atoms. The van der Waals surface area contributed by atoms with E-state index >= 15 is 0 Å². The average molecular weight is 263 g/mol. The minimum absolute atomic E-state index is 0.0572. The van der Waals surface area contributed by atoms with Crippen LogP contribution in [-0.2, 0) is 4.79 Å². The second kappa shape index (κ2) is 5.51. The molecule has 0 bridgehead atoms. The topological polar surface area (TPSA) is 113 Å². The van der Waals surface area contributed by atoms with Gasteiger partial charge >= 0.3 is 0 Å². The lowest BCUT2D eigenvalue weighted by atomic mass is 10.3. The molecule has 0 aliphatic rings. The zero-order valence-corrected chi connectivity index (χ0v) is 11.0. The first kappa shape index (κ1) is 13.1. The second-order valence-electron chi connectivity index (χ2n) is 4.01. The van der Waals surface area contributed by atoms with Crippen molar-refractivity contribution in [2.24, 2.45) is 0 Å². The third-order valence-electron chi connectivity index (χ3n) is 2.70. The van der Waals surface area contributed by atoms with Gasteiger partial charge in [-0.1, -0.05) is 0 Å². The first-order chi connectivity index (χ1) is 9.15. The van der Waals surface area contributed by atoms with E-state index in [0.717, 1.165) is 5.39 Å². The van der Waals surface area contributed by atoms with Crippen molar-refractivity contribution in [3.05, 3.63) is 6.20 Å². The van der Waals surface area contributed by atoms with E-state index in [4.69, 9.17) is 5.73 Å². The summed E-state index contributed by atoms with van der Waals surface area (Å²) in [4.78, 5) is 21.8. The molecule has 4 N–H and O–H groups in total. The molecule has 1 amide bonds. The molecular formula is C11H17N7O. The summed E-state index contributed by atoms with van der Waals surface area (Å²) < 4.78 is 0. The van der Waals surface area contributed by atoms with E-state index in [-0.39, 0.29) is 18.4 Å². The molecule has 0 fully saturated rings. The third kappa shape index (κ3) is 2.72. The van der Waals surface area contributed by atoms with Crippen LogP contribution in [0.2, 0.25) is 0 Å². The van der Waals surface area contributed by atoms with Gasteiger partial charge < -0.3 is 16.0 Å². The van der Waals surface area contributed by atoms with Gasteiger partial charge in [-0.2, -0.15) is 15.1 Å². The van der Waals surface area contributed by atoms with Gasteiger partial charge in [-0.15, -0.1) is 0 Å². The molecule has 8 heteroatoms. The number of aromatic amines is 1. The van der Waals surface area contributed by atoms with E-state index in [1.165, 1.54) is 0 Å². The highest BCUT2D eigenvalue weighted by Gasteiger charge is 2.16. The lowest BCUT2D eigenvalue weighted by Crippen LogP contribution is -2.37. The summed E-state index contributed by atoms with van der Waals surface area (Å²) in [7, 11) is 0. The van der Waals surface area contributed by atoms with Gasteiger partial charge in [0, 0.05) is 13.1 Å². The Hall–Kier alpha value is -2.38. The molecule has 19 heavy (non-hydrogen) atoms. The molecule has 0 aliphatic carbocycles. The van der Waals surface area contributed by atoms with Crippen LogP contribution in [0.25, 0.3) is 11.0 Å². The van der Waals surface area contributed by atoms with Crippen molar-refractivity contribution in [2.45, 2.75) is 13.8 Å². The van der Waals surface area contributed by atoms with Crippen LogP contribution in [0.1, 0.15) is 13.8 Å². The van der Waals surface area contributed by atoms with E-state index in [9.17, 15) is 4.79 Å². The van der Waals surface area contributed by atoms with Crippen LogP contribution < -0.4 is 16.0 Å². The first-order valence-electron chi connectivity index (χ1n) is 6.14. The molecule has 2 heterocycles. The zero-order valence-electron chi connectivity index (χ0n) is 11.0. The number of carbonyl (C=O) groups excluding carboxylic acids is 1. The summed E-state index contributed by atoms with van der Waals surface area (Å²) in [6.45, 7) is 5.28. The number of hydrogen-bond acceptors (Lipinski definition) is 6. The largest absolute Gasteiger partial charge is 0.368 e. The second-order valence-corrected chi connectivity index (χ2v) is 4.01. The average Bonchev–Trinajstić information content (AvgIpc) is 2.83. The lowest BCUT2D eigenvalue weighted by Gasteiger charge is -2.21. The molecule has 0 atom stereocenters. The number of hydrogen-bond donors (Lipinski definition) is 3. The number of amides is 1. The third-order valence-corrected chi connectivity index (χ3v) is 2.70. The summed E-state index contributed by atoms with van der Waals surface area (Å²) >= 11 is 0. The van der Waals surface area contributed by atoms with Crippen LogP contribution in [0.4, 0.5) is 11.8 Å². The molecule has 0 aromatic carbocycles. The Balaban J connectivity index is 2.34. The van der Waals surface area contributed by atoms with Crippen molar-refractivity contribution in [2.75, 3.05) is 30.3 Å². The minimum Gasteiger partial charge on any atom is -0.368 e. The van der Waals surface area contributed by atoms with Crippen molar-refractivity contribution in [3.63, 3.8) is 0 Å². The number of nitrogens with two attached hydrogens (primary N) is 1. The van der Waals surface area contributed by atoms with Crippen LogP contribution >= 0.6 is 0 Å². The maximum absolute atomic E-state index is 11.7. The van der Waals surface area contributed by atoms with Gasteiger partial charge in [0.25, 0.3) is 0 Å². The van der Waals surface area contributed by atoms with Gasteiger partial charge in [-0.05, 0) is 13.8 Å². The normalized spacial score (nSPS) is 10.6. The molecule has 0 unspecified atom stereocenters. The molecule has 0 radical (unpaired) electrons. The van der Waals surface area contributed by atoms with Crippen molar-refractivity contribution >= 4 is 28.7 Å². The summed E-state index contributed by atoms with van der Waals surface area (Å²) in [5, 5.41) is 10.2. The van der Waals surface area contributed by atoms with Gasteiger partial charge in [0.1, 0.15) is 5.82 Å². The Morgan fingerprint density at radius 3 is 2.95 bits per heavy atom. The number of anilines is 2. The minimum atomic E-state index is -0.0572. The highest BCUT2D eigenvalue weighted by Crippen LogP contribution is 2.22. The van der Waals surface area contributed by atoms with Crippen LogP contribution in [-0.4, -0.2) is 45.7 Å². The van der Waals surface area contributed by atoms with Crippen molar-refractivity contribution < 1.29 is 4.79 Å². The van der Waals surface area contributed by atoms with Crippen LogP contribution in [0.3, 0.4) is 0 Å². The highest BCUT2D eigenvalue weighted by atomic mass is 16.2. The van der Waals surface area contributed by atoms with E-state index < -0.39 is 0 Å². The molecule has 8 nitrogen and oxygen atoms in total. The van der Waals surface area contributed by atoms with Gasteiger partial charge in [0.2, 0.25) is 11.9 Å². The fourth-order valence-corrected chi connectivity index (χ4v) is 1.84. The van der Waals surface area contributed by atoms with E-state index in [0.29, 0.717) is 24.6 Å². The van der Waals surface area contributed by atoms with Gasteiger partial charge in [-0.3, -0.25) is 9.89 Å². The van der Waals surface area contributed by atoms with Crippen LogP contribution in [0, 0.1) is 0 Å². The first-order valence-corrected chi connectivity index (χ1v) is 6.14. The fourth-order valence-electron chi connectivity index (χ4n) is 1.84. The SMILES string of the molecule is CCNC(=O)CN(CC)c1nc(N)nc2[nH]ncc12. The number of nitrogen functional groups attached to an aromatic ring is 1. The molecular weight excluding hydrogens is 246 g/mol. The number of fused-ring (bicyclic) bond motifs is 1.